The summed E-state index contributed by atoms with van der Waals surface area (Å²) in [5.41, 5.74) is -1.17. The van der Waals surface area contributed by atoms with Gasteiger partial charge in [-0.1, -0.05) is 25.4 Å². The first-order chi connectivity index (χ1) is 9.68. The molecule has 0 saturated heterocycles. The number of hydrogen-bond acceptors (Lipinski definition) is 5. The first kappa shape index (κ1) is 17.2. The number of ether oxygens (including phenoxy) is 1. The van der Waals surface area contributed by atoms with Gasteiger partial charge in [-0.3, -0.25) is 14.9 Å². The van der Waals surface area contributed by atoms with Gasteiger partial charge in [0.2, 0.25) is 17.7 Å². The lowest BCUT2D eigenvalue weighted by Gasteiger charge is -2.28. The summed E-state index contributed by atoms with van der Waals surface area (Å²) in [5, 5.41) is 11.8. The van der Waals surface area contributed by atoms with E-state index in [1.807, 2.05) is 0 Å². The Bertz CT molecular complexity index is 550. The zero-order chi connectivity index (χ0) is 16.2. The fourth-order valence-electron chi connectivity index (χ4n) is 1.59. The summed E-state index contributed by atoms with van der Waals surface area (Å²) < 4.78 is 4.91. The number of halogens is 1. The molecule has 7 nitrogen and oxygen atoms in total. The topological polar surface area (TPSA) is 101 Å². The number of carboxylic acid groups (broad SMARTS) is 1. The van der Waals surface area contributed by atoms with Crippen molar-refractivity contribution in [2.45, 2.75) is 27.2 Å². The number of amides is 1. The standard InChI is InChI=1S/C13H18ClN3O4/c1-7(2)13(3,11(19)20)6-9(18)16-12-15-8(14)5-10(17-12)21-4/h5,7H,6H2,1-4H3,(H,19,20)(H,15,16,17,18). The van der Waals surface area contributed by atoms with Gasteiger partial charge in [0.1, 0.15) is 5.15 Å². The largest absolute Gasteiger partial charge is 0.481 e. The molecule has 0 radical (unpaired) electrons. The summed E-state index contributed by atoms with van der Waals surface area (Å²) in [4.78, 5) is 31.1. The molecule has 0 spiro atoms. The van der Waals surface area contributed by atoms with E-state index >= 15 is 0 Å². The molecule has 0 aliphatic carbocycles. The average molecular weight is 316 g/mol. The number of aromatic nitrogens is 2. The van der Waals surface area contributed by atoms with Crippen LogP contribution in [0.4, 0.5) is 5.95 Å². The molecule has 1 amide bonds. The maximum absolute atomic E-state index is 12.0. The Kier molecular flexibility index (Phi) is 5.48. The van der Waals surface area contributed by atoms with E-state index in [9.17, 15) is 14.7 Å². The van der Waals surface area contributed by atoms with Crippen LogP contribution in [0.15, 0.2) is 6.07 Å². The zero-order valence-corrected chi connectivity index (χ0v) is 13.1. The van der Waals surface area contributed by atoms with Crippen LogP contribution in [0, 0.1) is 11.3 Å². The molecule has 1 atom stereocenters. The molecule has 1 rings (SSSR count). The van der Waals surface area contributed by atoms with Crippen LogP contribution in [0.2, 0.25) is 5.15 Å². The van der Waals surface area contributed by atoms with E-state index < -0.39 is 17.3 Å². The fraction of sp³-hybridized carbons (Fsp3) is 0.538. The fourth-order valence-corrected chi connectivity index (χ4v) is 1.76. The van der Waals surface area contributed by atoms with Crippen LogP contribution < -0.4 is 10.1 Å². The smallest absolute Gasteiger partial charge is 0.310 e. The minimum Gasteiger partial charge on any atom is -0.481 e. The van der Waals surface area contributed by atoms with Crippen molar-refractivity contribution in [3.05, 3.63) is 11.2 Å². The highest BCUT2D eigenvalue weighted by atomic mass is 35.5. The molecule has 21 heavy (non-hydrogen) atoms. The van der Waals surface area contributed by atoms with Crippen molar-refractivity contribution in [1.29, 1.82) is 0 Å². The number of methoxy groups -OCH3 is 1. The molecule has 116 valence electrons. The molecule has 0 bridgehead atoms. The van der Waals surface area contributed by atoms with Gasteiger partial charge < -0.3 is 9.84 Å². The quantitative estimate of drug-likeness (QED) is 0.780. The van der Waals surface area contributed by atoms with Crippen molar-refractivity contribution in [3.63, 3.8) is 0 Å². The zero-order valence-electron chi connectivity index (χ0n) is 12.3. The first-order valence-corrected chi connectivity index (χ1v) is 6.68. The van der Waals surface area contributed by atoms with Gasteiger partial charge in [-0.15, -0.1) is 0 Å². The van der Waals surface area contributed by atoms with Crippen LogP contribution in [0.1, 0.15) is 27.2 Å². The molecular weight excluding hydrogens is 298 g/mol. The van der Waals surface area contributed by atoms with Crippen molar-refractivity contribution in [3.8, 4) is 5.88 Å². The highest BCUT2D eigenvalue weighted by molar-refractivity contribution is 6.29. The maximum Gasteiger partial charge on any atom is 0.310 e. The van der Waals surface area contributed by atoms with Crippen molar-refractivity contribution < 1.29 is 19.4 Å². The van der Waals surface area contributed by atoms with Gasteiger partial charge in [0, 0.05) is 12.5 Å². The van der Waals surface area contributed by atoms with Gasteiger partial charge in [-0.2, -0.15) is 4.98 Å². The Labute approximate surface area is 127 Å². The monoisotopic (exact) mass is 315 g/mol. The summed E-state index contributed by atoms with van der Waals surface area (Å²) in [6.45, 7) is 5.03. The highest BCUT2D eigenvalue weighted by Crippen LogP contribution is 2.31. The van der Waals surface area contributed by atoms with Crippen LogP contribution in [0.3, 0.4) is 0 Å². The van der Waals surface area contributed by atoms with Gasteiger partial charge in [-0.05, 0) is 12.8 Å². The highest BCUT2D eigenvalue weighted by Gasteiger charge is 2.38. The van der Waals surface area contributed by atoms with Crippen LogP contribution in [-0.2, 0) is 9.59 Å². The number of carboxylic acids is 1. The molecule has 1 aromatic heterocycles. The SMILES string of the molecule is COc1cc(Cl)nc(NC(=O)CC(C)(C(=O)O)C(C)C)n1. The lowest BCUT2D eigenvalue weighted by molar-refractivity contribution is -0.153. The minimum atomic E-state index is -1.17. The summed E-state index contributed by atoms with van der Waals surface area (Å²) >= 11 is 5.77. The predicted molar refractivity (Wildman–Crippen MR) is 77.4 cm³/mol. The van der Waals surface area contributed by atoms with Crippen LogP contribution in [-0.4, -0.2) is 34.1 Å². The Morgan fingerprint density at radius 1 is 1.48 bits per heavy atom. The number of nitrogens with one attached hydrogen (secondary N) is 1. The van der Waals surface area contributed by atoms with E-state index in [1.54, 1.807) is 13.8 Å². The third-order valence-electron chi connectivity index (χ3n) is 3.42. The van der Waals surface area contributed by atoms with Crippen molar-refractivity contribution in [2.24, 2.45) is 11.3 Å². The molecular formula is C13H18ClN3O4. The number of hydrogen-bond donors (Lipinski definition) is 2. The lowest BCUT2D eigenvalue weighted by atomic mass is 9.76. The lowest BCUT2D eigenvalue weighted by Crippen LogP contribution is -2.37. The molecule has 0 aromatic carbocycles. The predicted octanol–water partition coefficient (Wildman–Crippen LogP) is 2.21. The summed E-state index contributed by atoms with van der Waals surface area (Å²) in [6.07, 6.45) is -0.196. The molecule has 0 aliphatic heterocycles. The number of carbonyl (C=O) groups excluding carboxylic acids is 1. The van der Waals surface area contributed by atoms with Crippen LogP contribution >= 0.6 is 11.6 Å². The molecule has 0 aliphatic rings. The Morgan fingerprint density at radius 3 is 2.57 bits per heavy atom. The third-order valence-corrected chi connectivity index (χ3v) is 3.62. The minimum absolute atomic E-state index is 0.0270. The Morgan fingerprint density at radius 2 is 2.10 bits per heavy atom. The van der Waals surface area contributed by atoms with E-state index in [1.165, 1.54) is 20.1 Å². The van der Waals surface area contributed by atoms with E-state index in [-0.39, 0.29) is 29.3 Å². The Hall–Kier alpha value is -1.89. The second-order valence-corrected chi connectivity index (χ2v) is 5.55. The van der Waals surface area contributed by atoms with Crippen LogP contribution in [0.25, 0.3) is 0 Å². The first-order valence-electron chi connectivity index (χ1n) is 6.31. The molecule has 8 heteroatoms. The van der Waals surface area contributed by atoms with E-state index in [4.69, 9.17) is 16.3 Å². The molecule has 1 aromatic rings. The second kappa shape index (κ2) is 6.71. The van der Waals surface area contributed by atoms with Crippen LogP contribution in [0.5, 0.6) is 5.88 Å². The maximum atomic E-state index is 12.0. The van der Waals surface area contributed by atoms with Gasteiger partial charge >= 0.3 is 5.97 Å². The van der Waals surface area contributed by atoms with Crippen molar-refractivity contribution in [2.75, 3.05) is 12.4 Å². The van der Waals surface area contributed by atoms with Gasteiger partial charge in [0.25, 0.3) is 0 Å². The number of nitrogens with zero attached hydrogens (tertiary/aromatic N) is 2. The van der Waals surface area contributed by atoms with Gasteiger partial charge in [-0.25, -0.2) is 4.98 Å². The molecule has 0 fully saturated rings. The number of aliphatic carboxylic acids is 1. The van der Waals surface area contributed by atoms with E-state index in [2.05, 4.69) is 15.3 Å². The van der Waals surface area contributed by atoms with E-state index in [0.29, 0.717) is 0 Å². The van der Waals surface area contributed by atoms with Crippen molar-refractivity contribution in [1.82, 2.24) is 9.97 Å². The molecule has 1 heterocycles. The number of carbonyl (C=O) groups is 2. The average Bonchev–Trinajstić information content (AvgIpc) is 2.36. The summed E-state index contributed by atoms with van der Waals surface area (Å²) in [6, 6.07) is 1.40. The molecule has 0 saturated carbocycles. The van der Waals surface area contributed by atoms with Crippen molar-refractivity contribution >= 4 is 29.4 Å². The summed E-state index contributed by atoms with van der Waals surface area (Å²) in [7, 11) is 1.41. The van der Waals surface area contributed by atoms with Gasteiger partial charge in [0.05, 0.1) is 12.5 Å². The number of rotatable bonds is 6. The van der Waals surface area contributed by atoms with Gasteiger partial charge in [0.15, 0.2) is 0 Å². The third kappa shape index (κ3) is 4.29. The second-order valence-electron chi connectivity index (χ2n) is 5.16. The normalized spacial score (nSPS) is 13.6. The Balaban J connectivity index is 2.87. The summed E-state index contributed by atoms with van der Waals surface area (Å²) in [5.74, 6) is -1.57. The van der Waals surface area contributed by atoms with E-state index in [0.717, 1.165) is 0 Å². The number of anilines is 1. The molecule has 1 unspecified atom stereocenters. The molecule has 2 N–H and O–H groups in total.